The molecule has 0 aliphatic heterocycles. The summed E-state index contributed by atoms with van der Waals surface area (Å²) in [6.07, 6.45) is 2.33. The molecular weight excluding hydrogens is 310 g/mol. The van der Waals surface area contributed by atoms with Crippen molar-refractivity contribution in [3.63, 3.8) is 0 Å². The fourth-order valence-corrected chi connectivity index (χ4v) is 2.87. The molecule has 0 saturated heterocycles. The van der Waals surface area contributed by atoms with Gasteiger partial charge < -0.3 is 16.4 Å². The summed E-state index contributed by atoms with van der Waals surface area (Å²) < 4.78 is 0. The molecule has 1 saturated carbocycles. The minimum atomic E-state index is -0.273. The number of hydrogen-bond donors (Lipinski definition) is 3. The predicted octanol–water partition coefficient (Wildman–Crippen LogP) is 1.91. The van der Waals surface area contributed by atoms with Crippen molar-refractivity contribution in [1.29, 1.82) is 0 Å². The van der Waals surface area contributed by atoms with E-state index in [2.05, 4.69) is 10.6 Å². The van der Waals surface area contributed by atoms with Gasteiger partial charge in [-0.05, 0) is 44.7 Å². The summed E-state index contributed by atoms with van der Waals surface area (Å²) in [7, 11) is 0. The first kappa shape index (κ1) is 17.8. The van der Waals surface area contributed by atoms with Gasteiger partial charge in [0.1, 0.15) is 0 Å². The SMILES string of the molecule is Cc1ccc(NC(=O)CSC(C)C(=O)NCC(N)C2CC2)cc1. The van der Waals surface area contributed by atoms with Gasteiger partial charge in [-0.3, -0.25) is 9.59 Å². The van der Waals surface area contributed by atoms with Crippen LogP contribution in [0.1, 0.15) is 25.3 Å². The predicted molar refractivity (Wildman–Crippen MR) is 95.4 cm³/mol. The van der Waals surface area contributed by atoms with Gasteiger partial charge >= 0.3 is 0 Å². The van der Waals surface area contributed by atoms with Crippen molar-refractivity contribution < 1.29 is 9.59 Å². The van der Waals surface area contributed by atoms with Crippen molar-refractivity contribution in [3.05, 3.63) is 29.8 Å². The van der Waals surface area contributed by atoms with Crippen molar-refractivity contribution in [3.8, 4) is 0 Å². The molecule has 1 fully saturated rings. The number of hydrogen-bond acceptors (Lipinski definition) is 4. The van der Waals surface area contributed by atoms with E-state index in [0.29, 0.717) is 12.5 Å². The number of carbonyl (C=O) groups excluding carboxylic acids is 2. The molecule has 6 heteroatoms. The molecule has 2 rings (SSSR count). The highest BCUT2D eigenvalue weighted by Crippen LogP contribution is 2.31. The minimum absolute atomic E-state index is 0.0565. The lowest BCUT2D eigenvalue weighted by Crippen LogP contribution is -2.41. The van der Waals surface area contributed by atoms with Gasteiger partial charge in [0.15, 0.2) is 0 Å². The summed E-state index contributed by atoms with van der Waals surface area (Å²) in [4.78, 5) is 23.9. The third kappa shape index (κ3) is 6.23. The number of anilines is 1. The van der Waals surface area contributed by atoms with Gasteiger partial charge in [0.25, 0.3) is 0 Å². The molecule has 0 bridgehead atoms. The van der Waals surface area contributed by atoms with E-state index in [4.69, 9.17) is 5.73 Å². The van der Waals surface area contributed by atoms with Crippen molar-refractivity contribution in [2.75, 3.05) is 17.6 Å². The van der Waals surface area contributed by atoms with E-state index in [0.717, 1.165) is 11.3 Å². The maximum Gasteiger partial charge on any atom is 0.234 e. The van der Waals surface area contributed by atoms with Crippen molar-refractivity contribution in [2.24, 2.45) is 11.7 Å². The molecule has 0 radical (unpaired) electrons. The number of nitrogens with two attached hydrogens (primary N) is 1. The zero-order valence-electron chi connectivity index (χ0n) is 13.7. The second-order valence-electron chi connectivity index (χ2n) is 6.11. The van der Waals surface area contributed by atoms with Gasteiger partial charge in [-0.1, -0.05) is 17.7 Å². The summed E-state index contributed by atoms with van der Waals surface area (Å²) in [6.45, 7) is 4.32. The average molecular weight is 335 g/mol. The first-order valence-corrected chi connectivity index (χ1v) is 9.02. The van der Waals surface area contributed by atoms with Gasteiger partial charge in [-0.15, -0.1) is 11.8 Å². The molecule has 126 valence electrons. The Balaban J connectivity index is 1.65. The third-order valence-corrected chi connectivity index (χ3v) is 5.05. The van der Waals surface area contributed by atoms with Gasteiger partial charge in [0.2, 0.25) is 11.8 Å². The zero-order valence-corrected chi connectivity index (χ0v) is 14.5. The molecule has 0 aromatic heterocycles. The lowest BCUT2D eigenvalue weighted by molar-refractivity contribution is -0.120. The molecule has 0 heterocycles. The maximum atomic E-state index is 12.0. The zero-order chi connectivity index (χ0) is 16.8. The number of aryl methyl sites for hydroxylation is 1. The summed E-state index contributed by atoms with van der Waals surface area (Å²) in [5.74, 6) is 0.651. The van der Waals surface area contributed by atoms with Crippen LogP contribution in [0.25, 0.3) is 0 Å². The first-order chi connectivity index (χ1) is 11.0. The van der Waals surface area contributed by atoms with Crippen LogP contribution in [0, 0.1) is 12.8 Å². The Morgan fingerprint density at radius 3 is 2.57 bits per heavy atom. The van der Waals surface area contributed by atoms with E-state index in [9.17, 15) is 9.59 Å². The summed E-state index contributed by atoms with van der Waals surface area (Å²) in [6, 6.07) is 7.69. The fraction of sp³-hybridized carbons (Fsp3) is 0.529. The van der Waals surface area contributed by atoms with Gasteiger partial charge in [-0.2, -0.15) is 0 Å². The lowest BCUT2D eigenvalue weighted by atomic mass is 10.2. The van der Waals surface area contributed by atoms with E-state index in [1.54, 1.807) is 0 Å². The monoisotopic (exact) mass is 335 g/mol. The smallest absolute Gasteiger partial charge is 0.234 e. The van der Waals surface area contributed by atoms with Crippen LogP contribution >= 0.6 is 11.8 Å². The molecule has 2 unspecified atom stereocenters. The molecular formula is C17H25N3O2S. The van der Waals surface area contributed by atoms with Crippen LogP contribution in [0.4, 0.5) is 5.69 Å². The Morgan fingerprint density at radius 2 is 1.96 bits per heavy atom. The Bertz CT molecular complexity index is 543. The largest absolute Gasteiger partial charge is 0.354 e. The van der Waals surface area contributed by atoms with E-state index in [1.807, 2.05) is 38.1 Å². The van der Waals surface area contributed by atoms with Crippen LogP contribution in [0.2, 0.25) is 0 Å². The molecule has 1 aromatic rings. The second kappa shape index (κ2) is 8.36. The van der Waals surface area contributed by atoms with Crippen LogP contribution in [-0.4, -0.2) is 35.4 Å². The van der Waals surface area contributed by atoms with Crippen molar-refractivity contribution >= 4 is 29.3 Å². The Kier molecular flexibility index (Phi) is 6.47. The van der Waals surface area contributed by atoms with Crippen LogP contribution in [0.5, 0.6) is 0 Å². The Morgan fingerprint density at radius 1 is 1.30 bits per heavy atom. The van der Waals surface area contributed by atoms with Crippen molar-refractivity contribution in [2.45, 2.75) is 38.0 Å². The van der Waals surface area contributed by atoms with Crippen LogP contribution in [-0.2, 0) is 9.59 Å². The molecule has 2 amide bonds. The molecule has 23 heavy (non-hydrogen) atoms. The van der Waals surface area contributed by atoms with Crippen LogP contribution < -0.4 is 16.4 Å². The highest BCUT2D eigenvalue weighted by Gasteiger charge is 2.28. The number of carbonyl (C=O) groups is 2. The Hall–Kier alpha value is -1.53. The molecule has 0 spiro atoms. The minimum Gasteiger partial charge on any atom is -0.354 e. The lowest BCUT2D eigenvalue weighted by Gasteiger charge is -2.15. The van der Waals surface area contributed by atoms with E-state index < -0.39 is 0 Å². The van der Waals surface area contributed by atoms with Gasteiger partial charge in [0.05, 0.1) is 11.0 Å². The molecule has 1 aliphatic carbocycles. The van der Waals surface area contributed by atoms with E-state index in [1.165, 1.54) is 24.6 Å². The number of thioether (sulfide) groups is 1. The van der Waals surface area contributed by atoms with Crippen LogP contribution in [0.15, 0.2) is 24.3 Å². The molecule has 4 N–H and O–H groups in total. The number of rotatable bonds is 8. The van der Waals surface area contributed by atoms with Gasteiger partial charge in [0, 0.05) is 18.3 Å². The van der Waals surface area contributed by atoms with Gasteiger partial charge in [-0.25, -0.2) is 0 Å². The normalized spacial score (nSPS) is 16.5. The number of benzene rings is 1. The van der Waals surface area contributed by atoms with Crippen LogP contribution in [0.3, 0.4) is 0 Å². The highest BCUT2D eigenvalue weighted by molar-refractivity contribution is 8.01. The molecule has 2 atom stereocenters. The van der Waals surface area contributed by atoms with E-state index >= 15 is 0 Å². The second-order valence-corrected chi connectivity index (χ2v) is 7.44. The third-order valence-electron chi connectivity index (χ3n) is 3.91. The summed E-state index contributed by atoms with van der Waals surface area (Å²) in [5.41, 5.74) is 7.88. The van der Waals surface area contributed by atoms with E-state index in [-0.39, 0.29) is 28.9 Å². The Labute approximate surface area is 141 Å². The summed E-state index contributed by atoms with van der Waals surface area (Å²) in [5, 5.41) is 5.42. The maximum absolute atomic E-state index is 12.0. The quantitative estimate of drug-likeness (QED) is 0.677. The average Bonchev–Trinajstić information content (AvgIpc) is 3.37. The number of nitrogens with one attached hydrogen (secondary N) is 2. The van der Waals surface area contributed by atoms with Crippen molar-refractivity contribution in [1.82, 2.24) is 5.32 Å². The topological polar surface area (TPSA) is 84.2 Å². The first-order valence-electron chi connectivity index (χ1n) is 7.97. The standard InChI is InChI=1S/C17H25N3O2S/c1-11-3-7-14(8-4-11)20-16(21)10-23-12(2)17(22)19-9-15(18)13-5-6-13/h3-4,7-8,12-13,15H,5-6,9-10,18H2,1-2H3,(H,19,22)(H,20,21). The molecule has 5 nitrogen and oxygen atoms in total. The number of amides is 2. The molecule has 1 aliphatic rings. The summed E-state index contributed by atoms with van der Waals surface area (Å²) >= 11 is 1.33. The molecule has 1 aromatic carbocycles. The fourth-order valence-electron chi connectivity index (χ4n) is 2.16. The highest BCUT2D eigenvalue weighted by atomic mass is 32.2.